The number of sulfone groups is 1. The van der Waals surface area contributed by atoms with E-state index >= 15 is 0 Å². The van der Waals surface area contributed by atoms with Gasteiger partial charge in [0.15, 0.2) is 11.6 Å². The monoisotopic (exact) mass is 325 g/mol. The van der Waals surface area contributed by atoms with E-state index in [4.69, 9.17) is 8.94 Å². The molecule has 0 radical (unpaired) electrons. The predicted molar refractivity (Wildman–Crippen MR) is 73.9 cm³/mol. The van der Waals surface area contributed by atoms with Crippen LogP contribution in [0, 0.1) is 6.92 Å². The van der Waals surface area contributed by atoms with Crippen LogP contribution in [0.2, 0.25) is 0 Å². The van der Waals surface area contributed by atoms with E-state index in [1.165, 1.54) is 12.1 Å². The molecular weight excluding hydrogens is 310 g/mol. The summed E-state index contributed by atoms with van der Waals surface area (Å²) in [6.45, 7) is 2.22. The van der Waals surface area contributed by atoms with E-state index in [-0.39, 0.29) is 22.8 Å². The maximum absolute atomic E-state index is 12.5. The van der Waals surface area contributed by atoms with Crippen molar-refractivity contribution in [3.05, 3.63) is 29.6 Å². The Bertz CT molecular complexity index is 807. The zero-order valence-corrected chi connectivity index (χ0v) is 13.0. The lowest BCUT2D eigenvalue weighted by Crippen LogP contribution is -2.30. The summed E-state index contributed by atoms with van der Waals surface area (Å²) < 4.78 is 33.0. The predicted octanol–water partition coefficient (Wildman–Crippen LogP) is 1.35. The first kappa shape index (κ1) is 14.8. The van der Waals surface area contributed by atoms with Crippen LogP contribution in [-0.2, 0) is 9.84 Å². The van der Waals surface area contributed by atoms with Crippen LogP contribution < -0.4 is 0 Å². The highest BCUT2D eigenvalue weighted by molar-refractivity contribution is 7.90. The van der Waals surface area contributed by atoms with Gasteiger partial charge in [0.1, 0.15) is 0 Å². The van der Waals surface area contributed by atoms with E-state index in [1.54, 1.807) is 11.8 Å². The van der Waals surface area contributed by atoms with Gasteiger partial charge in [-0.25, -0.2) is 8.42 Å². The third kappa shape index (κ3) is 2.63. The SMILES string of the molecule is Cc1nc([C@H]2CCCN2C(=O)c2ccc(S(C)(=O)=O)o2)no1. The van der Waals surface area contributed by atoms with Crippen LogP contribution in [0.25, 0.3) is 0 Å². The van der Waals surface area contributed by atoms with Crippen LogP contribution in [0.5, 0.6) is 0 Å². The minimum absolute atomic E-state index is 0.00691. The lowest BCUT2D eigenvalue weighted by Gasteiger charge is -2.20. The van der Waals surface area contributed by atoms with Gasteiger partial charge in [0, 0.05) is 19.7 Å². The van der Waals surface area contributed by atoms with Gasteiger partial charge in [-0.2, -0.15) is 4.98 Å². The lowest BCUT2D eigenvalue weighted by molar-refractivity contribution is 0.0690. The van der Waals surface area contributed by atoms with Crippen LogP contribution in [0.4, 0.5) is 0 Å². The van der Waals surface area contributed by atoms with Crippen molar-refractivity contribution in [3.63, 3.8) is 0 Å². The number of carbonyl (C=O) groups excluding carboxylic acids is 1. The summed E-state index contributed by atoms with van der Waals surface area (Å²) in [6.07, 6.45) is 2.56. The van der Waals surface area contributed by atoms with Crippen molar-refractivity contribution in [2.75, 3.05) is 12.8 Å². The fourth-order valence-electron chi connectivity index (χ4n) is 2.50. The molecule has 3 heterocycles. The third-order valence-electron chi connectivity index (χ3n) is 3.51. The largest absolute Gasteiger partial charge is 0.440 e. The van der Waals surface area contributed by atoms with Gasteiger partial charge < -0.3 is 13.8 Å². The molecule has 2 aromatic rings. The molecule has 0 N–H and O–H groups in total. The Kier molecular flexibility index (Phi) is 3.51. The van der Waals surface area contributed by atoms with Gasteiger partial charge in [-0.3, -0.25) is 4.79 Å². The summed E-state index contributed by atoms with van der Waals surface area (Å²) in [6, 6.07) is 2.37. The van der Waals surface area contributed by atoms with Crippen molar-refractivity contribution in [3.8, 4) is 0 Å². The van der Waals surface area contributed by atoms with Gasteiger partial charge in [0.25, 0.3) is 5.91 Å². The number of nitrogens with zero attached hydrogens (tertiary/aromatic N) is 3. The maximum atomic E-state index is 12.5. The molecule has 0 bridgehead atoms. The molecule has 22 heavy (non-hydrogen) atoms. The molecule has 2 aromatic heterocycles. The van der Waals surface area contributed by atoms with Gasteiger partial charge in [-0.05, 0) is 25.0 Å². The van der Waals surface area contributed by atoms with Gasteiger partial charge >= 0.3 is 0 Å². The van der Waals surface area contributed by atoms with Crippen LogP contribution in [-0.4, -0.2) is 42.2 Å². The fraction of sp³-hybridized carbons (Fsp3) is 0.462. The summed E-state index contributed by atoms with van der Waals surface area (Å²) in [4.78, 5) is 18.3. The first-order valence-corrected chi connectivity index (χ1v) is 8.66. The van der Waals surface area contributed by atoms with Gasteiger partial charge in [0.2, 0.25) is 20.8 Å². The molecule has 1 saturated heterocycles. The van der Waals surface area contributed by atoms with E-state index in [1.807, 2.05) is 0 Å². The third-order valence-corrected chi connectivity index (χ3v) is 4.46. The van der Waals surface area contributed by atoms with Crippen molar-refractivity contribution in [1.82, 2.24) is 15.0 Å². The Labute approximate surface area is 127 Å². The number of amides is 1. The summed E-state index contributed by atoms with van der Waals surface area (Å²) >= 11 is 0. The smallest absolute Gasteiger partial charge is 0.290 e. The van der Waals surface area contributed by atoms with Crippen molar-refractivity contribution in [1.29, 1.82) is 0 Å². The molecule has 8 nitrogen and oxygen atoms in total. The zero-order chi connectivity index (χ0) is 15.9. The minimum Gasteiger partial charge on any atom is -0.440 e. The number of aryl methyl sites for hydroxylation is 1. The Balaban J connectivity index is 1.86. The molecule has 0 aliphatic carbocycles. The topological polar surface area (TPSA) is 107 Å². The lowest BCUT2D eigenvalue weighted by atomic mass is 10.2. The molecule has 9 heteroatoms. The standard InChI is InChI=1S/C13H15N3O5S/c1-8-14-12(15-21-8)9-4-3-7-16(9)13(17)10-5-6-11(20-10)22(2,18)19/h5-6,9H,3-4,7H2,1-2H3/t9-/m1/s1. The molecule has 1 atom stereocenters. The van der Waals surface area contributed by atoms with Gasteiger partial charge in [-0.1, -0.05) is 5.16 Å². The Morgan fingerprint density at radius 2 is 2.18 bits per heavy atom. The number of likely N-dealkylation sites (tertiary alicyclic amines) is 1. The second kappa shape index (κ2) is 5.24. The Morgan fingerprint density at radius 3 is 2.77 bits per heavy atom. The van der Waals surface area contributed by atoms with Gasteiger partial charge in [-0.15, -0.1) is 0 Å². The van der Waals surface area contributed by atoms with E-state index in [9.17, 15) is 13.2 Å². The molecule has 3 rings (SSSR count). The van der Waals surface area contributed by atoms with E-state index < -0.39 is 9.84 Å². The molecular formula is C13H15N3O5S. The van der Waals surface area contributed by atoms with Crippen LogP contribution in [0.1, 0.15) is 41.2 Å². The number of carbonyl (C=O) groups is 1. The average Bonchev–Trinajstić information content (AvgIpc) is 3.16. The normalized spacial score (nSPS) is 18.8. The van der Waals surface area contributed by atoms with Crippen molar-refractivity contribution in [2.45, 2.75) is 30.9 Å². The number of aromatic nitrogens is 2. The summed E-state index contributed by atoms with van der Waals surface area (Å²) in [5.41, 5.74) is 0. The second-order valence-corrected chi connectivity index (χ2v) is 7.17. The zero-order valence-electron chi connectivity index (χ0n) is 12.1. The first-order chi connectivity index (χ1) is 10.4. The number of hydrogen-bond donors (Lipinski definition) is 0. The molecule has 118 valence electrons. The maximum Gasteiger partial charge on any atom is 0.290 e. The van der Waals surface area contributed by atoms with E-state index in [2.05, 4.69) is 10.1 Å². The van der Waals surface area contributed by atoms with Gasteiger partial charge in [0.05, 0.1) is 6.04 Å². The average molecular weight is 325 g/mol. The highest BCUT2D eigenvalue weighted by atomic mass is 32.2. The summed E-state index contributed by atoms with van der Waals surface area (Å²) in [5.74, 6) is 0.511. The summed E-state index contributed by atoms with van der Waals surface area (Å²) in [5, 5.41) is 3.64. The molecule has 0 spiro atoms. The highest BCUT2D eigenvalue weighted by Gasteiger charge is 2.35. The highest BCUT2D eigenvalue weighted by Crippen LogP contribution is 2.32. The fourth-order valence-corrected chi connectivity index (χ4v) is 3.06. The Hall–Kier alpha value is -2.16. The second-order valence-electron chi connectivity index (χ2n) is 5.22. The number of furan rings is 1. The molecule has 1 amide bonds. The number of hydrogen-bond acceptors (Lipinski definition) is 7. The van der Waals surface area contributed by atoms with Crippen molar-refractivity contribution < 1.29 is 22.2 Å². The molecule has 0 saturated carbocycles. The van der Waals surface area contributed by atoms with Crippen LogP contribution in [0.15, 0.2) is 26.2 Å². The van der Waals surface area contributed by atoms with Crippen molar-refractivity contribution >= 4 is 15.7 Å². The summed E-state index contributed by atoms with van der Waals surface area (Å²) in [7, 11) is -3.48. The molecule has 1 fully saturated rings. The van der Waals surface area contributed by atoms with Crippen molar-refractivity contribution in [2.24, 2.45) is 0 Å². The Morgan fingerprint density at radius 1 is 1.41 bits per heavy atom. The number of rotatable bonds is 3. The van der Waals surface area contributed by atoms with E-state index in [0.717, 1.165) is 19.1 Å². The van der Waals surface area contributed by atoms with Crippen LogP contribution >= 0.6 is 0 Å². The molecule has 0 aromatic carbocycles. The molecule has 1 aliphatic rings. The first-order valence-electron chi connectivity index (χ1n) is 6.77. The van der Waals surface area contributed by atoms with E-state index in [0.29, 0.717) is 18.3 Å². The molecule has 0 unspecified atom stereocenters. The molecule has 1 aliphatic heterocycles. The minimum atomic E-state index is -3.48. The quantitative estimate of drug-likeness (QED) is 0.838. The van der Waals surface area contributed by atoms with Crippen LogP contribution in [0.3, 0.4) is 0 Å².